The Kier molecular flexibility index (Phi) is 4.60. The quantitative estimate of drug-likeness (QED) is 0.786. The van der Waals surface area contributed by atoms with Crippen molar-refractivity contribution in [2.75, 3.05) is 5.32 Å². The molecule has 0 spiro atoms. The minimum absolute atomic E-state index is 0.0997. The van der Waals surface area contributed by atoms with Gasteiger partial charge in [-0.3, -0.25) is 4.79 Å². The largest absolute Gasteiger partial charge is 0.454 e. The molecule has 3 rings (SSSR count). The fraction of sp³-hybridized carbons (Fsp3) is 0.118. The number of ether oxygens (including phenoxy) is 1. The van der Waals surface area contributed by atoms with E-state index in [0.717, 1.165) is 6.07 Å². The molecular formula is C17H14FN5O2. The number of hydrogen-bond donors (Lipinski definition) is 1. The number of carbonyl (C=O) groups excluding carboxylic acids is 1. The van der Waals surface area contributed by atoms with Gasteiger partial charge < -0.3 is 10.1 Å². The SMILES string of the molecule is Cc1cc(Oc2cnc(C)nc2)cc(C(=O)Nc2cc(F)ccn2)n1. The fourth-order valence-corrected chi connectivity index (χ4v) is 2.04. The summed E-state index contributed by atoms with van der Waals surface area (Å²) in [7, 11) is 0. The van der Waals surface area contributed by atoms with Crippen molar-refractivity contribution in [3.63, 3.8) is 0 Å². The minimum atomic E-state index is -0.521. The molecule has 0 aliphatic carbocycles. The Morgan fingerprint density at radius 3 is 2.56 bits per heavy atom. The monoisotopic (exact) mass is 339 g/mol. The van der Waals surface area contributed by atoms with Crippen LogP contribution < -0.4 is 10.1 Å². The molecule has 0 aromatic carbocycles. The van der Waals surface area contributed by atoms with Crippen LogP contribution in [0.2, 0.25) is 0 Å². The van der Waals surface area contributed by atoms with Crippen LogP contribution in [0, 0.1) is 19.7 Å². The molecule has 3 heterocycles. The van der Waals surface area contributed by atoms with E-state index in [2.05, 4.69) is 25.3 Å². The summed E-state index contributed by atoms with van der Waals surface area (Å²) in [6.45, 7) is 3.50. The van der Waals surface area contributed by atoms with E-state index in [9.17, 15) is 9.18 Å². The smallest absolute Gasteiger partial charge is 0.275 e. The highest BCUT2D eigenvalue weighted by molar-refractivity contribution is 6.02. The Balaban J connectivity index is 1.80. The molecule has 0 atom stereocenters. The molecule has 25 heavy (non-hydrogen) atoms. The van der Waals surface area contributed by atoms with Crippen molar-refractivity contribution in [2.45, 2.75) is 13.8 Å². The summed E-state index contributed by atoms with van der Waals surface area (Å²) in [4.78, 5) is 28.4. The fourth-order valence-electron chi connectivity index (χ4n) is 2.04. The minimum Gasteiger partial charge on any atom is -0.454 e. The van der Waals surface area contributed by atoms with Gasteiger partial charge in [-0.2, -0.15) is 0 Å². The van der Waals surface area contributed by atoms with Crippen LogP contribution in [0.15, 0.2) is 42.9 Å². The number of amides is 1. The summed E-state index contributed by atoms with van der Waals surface area (Å²) in [5, 5.41) is 2.49. The molecule has 1 N–H and O–H groups in total. The maximum Gasteiger partial charge on any atom is 0.275 e. The molecule has 3 aromatic rings. The van der Waals surface area contributed by atoms with Crippen LogP contribution in [0.3, 0.4) is 0 Å². The van der Waals surface area contributed by atoms with E-state index in [-0.39, 0.29) is 11.5 Å². The number of anilines is 1. The van der Waals surface area contributed by atoms with E-state index < -0.39 is 11.7 Å². The molecule has 1 amide bonds. The molecule has 0 unspecified atom stereocenters. The molecule has 7 nitrogen and oxygen atoms in total. The van der Waals surface area contributed by atoms with Gasteiger partial charge in [0.2, 0.25) is 0 Å². The van der Waals surface area contributed by atoms with Crippen LogP contribution in [-0.2, 0) is 0 Å². The second-order valence-electron chi connectivity index (χ2n) is 5.21. The Labute approximate surface area is 143 Å². The second kappa shape index (κ2) is 7.00. The Morgan fingerprint density at radius 2 is 1.84 bits per heavy atom. The van der Waals surface area contributed by atoms with Gasteiger partial charge >= 0.3 is 0 Å². The first-order valence-corrected chi connectivity index (χ1v) is 7.38. The first kappa shape index (κ1) is 16.4. The molecule has 0 aliphatic rings. The molecule has 0 bridgehead atoms. The normalized spacial score (nSPS) is 10.4. The molecule has 0 saturated heterocycles. The number of pyridine rings is 2. The molecule has 3 aromatic heterocycles. The van der Waals surface area contributed by atoms with Gasteiger partial charge in [-0.1, -0.05) is 0 Å². The lowest BCUT2D eigenvalue weighted by Gasteiger charge is -2.09. The molecule has 0 radical (unpaired) electrons. The van der Waals surface area contributed by atoms with E-state index in [0.29, 0.717) is 23.0 Å². The molecule has 0 fully saturated rings. The number of rotatable bonds is 4. The zero-order chi connectivity index (χ0) is 17.8. The maximum atomic E-state index is 13.2. The number of halogens is 1. The Bertz CT molecular complexity index is 915. The molecular weight excluding hydrogens is 325 g/mol. The van der Waals surface area contributed by atoms with Gasteiger partial charge in [0.25, 0.3) is 5.91 Å². The highest BCUT2D eigenvalue weighted by Crippen LogP contribution is 2.22. The van der Waals surface area contributed by atoms with Crippen molar-refractivity contribution in [1.29, 1.82) is 0 Å². The standard InChI is InChI=1S/C17H14FN5O2/c1-10-5-13(25-14-8-20-11(2)21-9-14)7-15(22-10)17(24)23-16-6-12(18)3-4-19-16/h3-9H,1-2H3,(H,19,23,24). The summed E-state index contributed by atoms with van der Waals surface area (Å²) in [5.74, 6) is 0.563. The van der Waals surface area contributed by atoms with Crippen molar-refractivity contribution in [2.24, 2.45) is 0 Å². The van der Waals surface area contributed by atoms with Gasteiger partial charge in [0.1, 0.15) is 28.9 Å². The number of aromatic nitrogens is 4. The maximum absolute atomic E-state index is 13.2. The van der Waals surface area contributed by atoms with E-state index in [1.54, 1.807) is 19.9 Å². The number of nitrogens with one attached hydrogen (secondary N) is 1. The van der Waals surface area contributed by atoms with Gasteiger partial charge in [0.15, 0.2) is 5.75 Å². The average Bonchev–Trinajstić information content (AvgIpc) is 2.56. The summed E-state index contributed by atoms with van der Waals surface area (Å²) in [5.41, 5.74) is 0.706. The lowest BCUT2D eigenvalue weighted by atomic mass is 10.2. The molecule has 8 heteroatoms. The summed E-state index contributed by atoms with van der Waals surface area (Å²) in [6.07, 6.45) is 4.34. The lowest BCUT2D eigenvalue weighted by Crippen LogP contribution is -2.15. The third kappa shape index (κ3) is 4.31. The number of carbonyl (C=O) groups is 1. The lowest BCUT2D eigenvalue weighted by molar-refractivity contribution is 0.102. The van der Waals surface area contributed by atoms with Crippen LogP contribution >= 0.6 is 0 Å². The van der Waals surface area contributed by atoms with E-state index in [1.165, 1.54) is 30.7 Å². The zero-order valence-electron chi connectivity index (χ0n) is 13.5. The van der Waals surface area contributed by atoms with Crippen LogP contribution in [0.5, 0.6) is 11.5 Å². The molecule has 0 saturated carbocycles. The van der Waals surface area contributed by atoms with E-state index in [4.69, 9.17) is 4.74 Å². The third-order valence-corrected chi connectivity index (χ3v) is 3.12. The van der Waals surface area contributed by atoms with Gasteiger partial charge in [-0.05, 0) is 19.9 Å². The van der Waals surface area contributed by atoms with Crippen LogP contribution in [0.25, 0.3) is 0 Å². The highest BCUT2D eigenvalue weighted by atomic mass is 19.1. The summed E-state index contributed by atoms with van der Waals surface area (Å²) < 4.78 is 18.8. The first-order chi connectivity index (χ1) is 12.0. The van der Waals surface area contributed by atoms with Crippen molar-refractivity contribution >= 4 is 11.7 Å². The van der Waals surface area contributed by atoms with Gasteiger partial charge in [0, 0.05) is 30.1 Å². The zero-order valence-corrected chi connectivity index (χ0v) is 13.5. The highest BCUT2D eigenvalue weighted by Gasteiger charge is 2.12. The van der Waals surface area contributed by atoms with Crippen molar-refractivity contribution in [1.82, 2.24) is 19.9 Å². The van der Waals surface area contributed by atoms with E-state index in [1.807, 2.05) is 0 Å². The summed E-state index contributed by atoms with van der Waals surface area (Å²) >= 11 is 0. The van der Waals surface area contributed by atoms with Crippen molar-refractivity contribution in [3.8, 4) is 11.5 Å². The van der Waals surface area contributed by atoms with Crippen molar-refractivity contribution in [3.05, 3.63) is 65.9 Å². The van der Waals surface area contributed by atoms with Crippen LogP contribution in [0.4, 0.5) is 10.2 Å². The van der Waals surface area contributed by atoms with Gasteiger partial charge in [0.05, 0.1) is 12.4 Å². The van der Waals surface area contributed by atoms with Gasteiger partial charge in [-0.15, -0.1) is 0 Å². The Hall–Kier alpha value is -3.42. The third-order valence-electron chi connectivity index (χ3n) is 3.12. The molecule has 126 valence electrons. The average molecular weight is 339 g/mol. The van der Waals surface area contributed by atoms with Crippen LogP contribution in [0.1, 0.15) is 22.0 Å². The predicted molar refractivity (Wildman–Crippen MR) is 88.0 cm³/mol. The number of aryl methyl sites for hydroxylation is 2. The second-order valence-corrected chi connectivity index (χ2v) is 5.21. The Morgan fingerprint density at radius 1 is 1.08 bits per heavy atom. The van der Waals surface area contributed by atoms with E-state index >= 15 is 0 Å². The van der Waals surface area contributed by atoms with Crippen molar-refractivity contribution < 1.29 is 13.9 Å². The number of hydrogen-bond acceptors (Lipinski definition) is 6. The first-order valence-electron chi connectivity index (χ1n) is 7.38. The summed E-state index contributed by atoms with van der Waals surface area (Å²) in [6, 6.07) is 5.46. The number of nitrogens with zero attached hydrogens (tertiary/aromatic N) is 4. The molecule has 0 aliphatic heterocycles. The van der Waals surface area contributed by atoms with Crippen LogP contribution in [-0.4, -0.2) is 25.8 Å². The predicted octanol–water partition coefficient (Wildman–Crippen LogP) is 3.07. The topological polar surface area (TPSA) is 89.9 Å². The van der Waals surface area contributed by atoms with Gasteiger partial charge in [-0.25, -0.2) is 24.3 Å².